The summed E-state index contributed by atoms with van der Waals surface area (Å²) in [6, 6.07) is 13.6. The molecule has 0 radical (unpaired) electrons. The highest BCUT2D eigenvalue weighted by molar-refractivity contribution is 7.90. The topological polar surface area (TPSA) is 102 Å². The SMILES string of the molecule is CCc1c(C(=O)N2CCOc3ccc(-c4ccc(NC(C)=O)c(OC)c4)cc3C2)ccc(S(C)(=O)=O)c1F. The second-order valence-electron chi connectivity index (χ2n) is 9.02. The second kappa shape index (κ2) is 10.8. The van der Waals surface area contributed by atoms with E-state index in [4.69, 9.17) is 9.47 Å². The molecule has 0 spiro atoms. The highest BCUT2D eigenvalue weighted by Crippen LogP contribution is 2.34. The molecule has 3 aromatic carbocycles. The number of carbonyl (C=O) groups is 2. The van der Waals surface area contributed by atoms with Gasteiger partial charge >= 0.3 is 0 Å². The van der Waals surface area contributed by atoms with Crippen LogP contribution >= 0.6 is 0 Å². The summed E-state index contributed by atoms with van der Waals surface area (Å²) in [5.41, 5.74) is 3.22. The van der Waals surface area contributed by atoms with Gasteiger partial charge in [0.05, 0.1) is 19.3 Å². The van der Waals surface area contributed by atoms with Crippen molar-refractivity contribution < 1.29 is 31.9 Å². The van der Waals surface area contributed by atoms with Crippen molar-refractivity contribution in [1.29, 1.82) is 0 Å². The summed E-state index contributed by atoms with van der Waals surface area (Å²) in [4.78, 5) is 26.2. The molecule has 10 heteroatoms. The van der Waals surface area contributed by atoms with Gasteiger partial charge < -0.3 is 19.7 Å². The number of nitrogens with zero attached hydrogens (tertiary/aromatic N) is 1. The minimum atomic E-state index is -3.77. The molecule has 4 rings (SSSR count). The Hall–Kier alpha value is -3.92. The zero-order valence-corrected chi connectivity index (χ0v) is 22.4. The van der Waals surface area contributed by atoms with Crippen LogP contribution in [0.5, 0.6) is 11.5 Å². The van der Waals surface area contributed by atoms with Crippen molar-refractivity contribution in [2.24, 2.45) is 0 Å². The molecule has 3 aromatic rings. The molecule has 0 aliphatic carbocycles. The molecule has 0 saturated carbocycles. The number of halogens is 1. The van der Waals surface area contributed by atoms with E-state index in [1.165, 1.54) is 20.1 Å². The van der Waals surface area contributed by atoms with Crippen molar-refractivity contribution >= 4 is 27.3 Å². The lowest BCUT2D eigenvalue weighted by Crippen LogP contribution is -2.33. The summed E-state index contributed by atoms with van der Waals surface area (Å²) >= 11 is 0. The highest BCUT2D eigenvalue weighted by atomic mass is 32.2. The van der Waals surface area contributed by atoms with Crippen molar-refractivity contribution in [3.05, 3.63) is 71.0 Å². The lowest BCUT2D eigenvalue weighted by Gasteiger charge is -2.22. The van der Waals surface area contributed by atoms with Gasteiger partial charge in [-0.05, 0) is 53.9 Å². The second-order valence-corrected chi connectivity index (χ2v) is 11.0. The maximum Gasteiger partial charge on any atom is 0.254 e. The minimum Gasteiger partial charge on any atom is -0.495 e. The summed E-state index contributed by atoms with van der Waals surface area (Å²) < 4.78 is 50.3. The average molecular weight is 541 g/mol. The van der Waals surface area contributed by atoms with E-state index < -0.39 is 26.5 Å². The van der Waals surface area contributed by atoms with Gasteiger partial charge in [0.25, 0.3) is 5.91 Å². The molecular formula is C28H29FN2O6S. The quantitative estimate of drug-likeness (QED) is 0.495. The standard InChI is InChI=1S/C28H29FN2O6S/c1-5-21-22(8-11-26(27(21)29)38(4,34)35)28(33)31-12-13-37-24-10-7-18(14-20(24)16-31)19-6-9-23(30-17(2)32)25(15-19)36-3/h6-11,14-15H,5,12-13,16H2,1-4H3,(H,30,32). The van der Waals surface area contributed by atoms with Crippen molar-refractivity contribution in [1.82, 2.24) is 4.90 Å². The number of rotatable bonds is 6. The van der Waals surface area contributed by atoms with Gasteiger partial charge in [0, 0.05) is 36.4 Å². The molecule has 38 heavy (non-hydrogen) atoms. The lowest BCUT2D eigenvalue weighted by molar-refractivity contribution is -0.114. The molecule has 0 unspecified atom stereocenters. The first-order valence-corrected chi connectivity index (χ1v) is 13.9. The van der Waals surface area contributed by atoms with Gasteiger partial charge in [0.2, 0.25) is 5.91 Å². The Kier molecular flexibility index (Phi) is 7.73. The van der Waals surface area contributed by atoms with E-state index in [0.29, 0.717) is 17.2 Å². The van der Waals surface area contributed by atoms with Crippen LogP contribution in [-0.4, -0.2) is 51.6 Å². The largest absolute Gasteiger partial charge is 0.495 e. The molecule has 0 bridgehead atoms. The van der Waals surface area contributed by atoms with Gasteiger partial charge in [0.15, 0.2) is 9.84 Å². The predicted octanol–water partition coefficient (Wildman–Crippen LogP) is 4.46. The molecular weight excluding hydrogens is 511 g/mol. The van der Waals surface area contributed by atoms with Crippen LogP contribution in [0.1, 0.15) is 35.3 Å². The Morgan fingerprint density at radius 3 is 2.47 bits per heavy atom. The summed E-state index contributed by atoms with van der Waals surface area (Å²) in [6.45, 7) is 3.86. The van der Waals surface area contributed by atoms with Crippen molar-refractivity contribution in [3.8, 4) is 22.6 Å². The minimum absolute atomic E-state index is 0.0726. The fourth-order valence-electron chi connectivity index (χ4n) is 4.51. The third-order valence-electron chi connectivity index (χ3n) is 6.36. The van der Waals surface area contributed by atoms with Crippen LogP contribution in [0.25, 0.3) is 11.1 Å². The Morgan fingerprint density at radius 1 is 1.11 bits per heavy atom. The number of amides is 2. The fraction of sp³-hybridized carbons (Fsp3) is 0.286. The molecule has 0 fully saturated rings. The first-order valence-electron chi connectivity index (χ1n) is 12.1. The Balaban J connectivity index is 1.67. The van der Waals surface area contributed by atoms with Crippen LogP contribution in [0.4, 0.5) is 10.1 Å². The van der Waals surface area contributed by atoms with Crippen LogP contribution in [0, 0.1) is 5.82 Å². The van der Waals surface area contributed by atoms with Crippen molar-refractivity contribution in [2.45, 2.75) is 31.7 Å². The van der Waals surface area contributed by atoms with Gasteiger partial charge in [-0.15, -0.1) is 0 Å². The number of sulfone groups is 1. The van der Waals surface area contributed by atoms with E-state index in [1.807, 2.05) is 30.3 Å². The third-order valence-corrected chi connectivity index (χ3v) is 7.48. The van der Waals surface area contributed by atoms with Crippen LogP contribution in [-0.2, 0) is 27.6 Å². The monoisotopic (exact) mass is 540 g/mol. The predicted molar refractivity (Wildman–Crippen MR) is 142 cm³/mol. The fourth-order valence-corrected chi connectivity index (χ4v) is 5.28. The van der Waals surface area contributed by atoms with Crippen LogP contribution < -0.4 is 14.8 Å². The van der Waals surface area contributed by atoms with Gasteiger partial charge in [0.1, 0.15) is 28.8 Å². The third kappa shape index (κ3) is 5.50. The molecule has 1 aliphatic heterocycles. The average Bonchev–Trinajstić information content (AvgIpc) is 3.09. The van der Waals surface area contributed by atoms with Crippen LogP contribution in [0.3, 0.4) is 0 Å². The number of anilines is 1. The Labute approximate surface area is 221 Å². The van der Waals surface area contributed by atoms with E-state index in [2.05, 4.69) is 5.32 Å². The van der Waals surface area contributed by atoms with E-state index >= 15 is 4.39 Å². The smallest absolute Gasteiger partial charge is 0.254 e. The molecule has 1 aliphatic rings. The van der Waals surface area contributed by atoms with Crippen LogP contribution in [0.2, 0.25) is 0 Å². The Morgan fingerprint density at radius 2 is 1.82 bits per heavy atom. The zero-order chi connectivity index (χ0) is 27.6. The van der Waals surface area contributed by atoms with E-state index in [0.717, 1.165) is 29.0 Å². The number of carbonyl (C=O) groups excluding carboxylic acids is 2. The van der Waals surface area contributed by atoms with Gasteiger partial charge in [-0.25, -0.2) is 12.8 Å². The number of nitrogens with one attached hydrogen (secondary N) is 1. The highest BCUT2D eigenvalue weighted by Gasteiger charge is 2.27. The maximum atomic E-state index is 15.1. The van der Waals surface area contributed by atoms with E-state index in [1.54, 1.807) is 17.9 Å². The summed E-state index contributed by atoms with van der Waals surface area (Å²) in [7, 11) is -2.25. The number of hydrogen-bond acceptors (Lipinski definition) is 6. The lowest BCUT2D eigenvalue weighted by atomic mass is 10.0. The van der Waals surface area contributed by atoms with Gasteiger partial charge in [-0.1, -0.05) is 19.1 Å². The summed E-state index contributed by atoms with van der Waals surface area (Å²) in [5.74, 6) is -0.345. The number of ether oxygens (including phenoxy) is 2. The molecule has 2 amide bonds. The van der Waals surface area contributed by atoms with Crippen molar-refractivity contribution in [3.63, 3.8) is 0 Å². The van der Waals surface area contributed by atoms with Gasteiger partial charge in [-0.3, -0.25) is 9.59 Å². The number of fused-ring (bicyclic) bond motifs is 1. The first kappa shape index (κ1) is 27.1. The summed E-state index contributed by atoms with van der Waals surface area (Å²) in [6.07, 6.45) is 1.10. The van der Waals surface area contributed by atoms with Crippen molar-refractivity contribution in [2.75, 3.05) is 31.8 Å². The normalized spacial score (nSPS) is 13.2. The van der Waals surface area contributed by atoms with E-state index in [9.17, 15) is 18.0 Å². The molecule has 0 aromatic heterocycles. The molecule has 200 valence electrons. The number of methoxy groups -OCH3 is 1. The molecule has 1 N–H and O–H groups in total. The number of hydrogen-bond donors (Lipinski definition) is 1. The zero-order valence-electron chi connectivity index (χ0n) is 21.6. The van der Waals surface area contributed by atoms with Crippen LogP contribution in [0.15, 0.2) is 53.4 Å². The maximum absolute atomic E-state index is 15.1. The Bertz CT molecular complexity index is 1520. The molecule has 0 atom stereocenters. The summed E-state index contributed by atoms with van der Waals surface area (Å²) in [5, 5.41) is 2.73. The molecule has 0 saturated heterocycles. The first-order chi connectivity index (χ1) is 18.0. The molecule has 1 heterocycles. The van der Waals surface area contributed by atoms with E-state index in [-0.39, 0.29) is 43.2 Å². The van der Waals surface area contributed by atoms with Gasteiger partial charge in [-0.2, -0.15) is 0 Å². The number of benzene rings is 3. The molecule has 8 nitrogen and oxygen atoms in total.